The van der Waals surface area contributed by atoms with E-state index >= 15 is 0 Å². The number of aliphatic carboxylic acids is 1. The minimum Gasteiger partial charge on any atom is -0.479 e. The van der Waals surface area contributed by atoms with Crippen LogP contribution < -0.4 is 4.74 Å². The molecular formula is C14H19BrO3. The standard InChI is InChI=1S/C14H19BrO3/c1-8-6-12(18-9(2)13(16)17)10(7-11(8)15)14(3,4)5/h6-7,9H,1-5H3,(H,16,17). The van der Waals surface area contributed by atoms with E-state index < -0.39 is 12.1 Å². The molecule has 1 rings (SSSR count). The van der Waals surface area contributed by atoms with Gasteiger partial charge >= 0.3 is 5.97 Å². The number of hydrogen-bond donors (Lipinski definition) is 1. The molecule has 0 bridgehead atoms. The molecular weight excluding hydrogens is 296 g/mol. The Hall–Kier alpha value is -1.03. The quantitative estimate of drug-likeness (QED) is 0.920. The minimum absolute atomic E-state index is 0.107. The number of carbonyl (C=O) groups is 1. The molecule has 0 aliphatic carbocycles. The van der Waals surface area contributed by atoms with Crippen LogP contribution in [0.4, 0.5) is 0 Å². The Morgan fingerprint density at radius 1 is 1.39 bits per heavy atom. The van der Waals surface area contributed by atoms with Gasteiger partial charge in [0.05, 0.1) is 0 Å². The summed E-state index contributed by atoms with van der Waals surface area (Å²) in [4.78, 5) is 10.9. The van der Waals surface area contributed by atoms with Crippen molar-refractivity contribution < 1.29 is 14.6 Å². The summed E-state index contributed by atoms with van der Waals surface area (Å²) < 4.78 is 6.55. The van der Waals surface area contributed by atoms with Crippen LogP contribution in [-0.2, 0) is 10.2 Å². The number of ether oxygens (including phenoxy) is 1. The van der Waals surface area contributed by atoms with E-state index in [1.807, 2.05) is 19.1 Å². The lowest BCUT2D eigenvalue weighted by Crippen LogP contribution is -2.25. The molecule has 3 nitrogen and oxygen atoms in total. The van der Waals surface area contributed by atoms with Gasteiger partial charge < -0.3 is 9.84 Å². The fourth-order valence-corrected chi connectivity index (χ4v) is 1.92. The van der Waals surface area contributed by atoms with Gasteiger partial charge in [0, 0.05) is 10.0 Å². The van der Waals surface area contributed by atoms with Gasteiger partial charge in [-0.1, -0.05) is 36.7 Å². The lowest BCUT2D eigenvalue weighted by Gasteiger charge is -2.25. The average Bonchev–Trinajstić information content (AvgIpc) is 2.21. The van der Waals surface area contributed by atoms with E-state index in [-0.39, 0.29) is 5.41 Å². The normalized spacial score (nSPS) is 13.2. The summed E-state index contributed by atoms with van der Waals surface area (Å²) in [5.41, 5.74) is 1.91. The molecule has 0 aliphatic rings. The SMILES string of the molecule is Cc1cc(OC(C)C(=O)O)c(C(C)(C)C)cc1Br. The smallest absolute Gasteiger partial charge is 0.344 e. The Labute approximate surface area is 116 Å². The van der Waals surface area contributed by atoms with Crippen LogP contribution in [0, 0.1) is 6.92 Å². The second-order valence-corrected chi connectivity index (χ2v) is 6.30. The molecule has 0 aromatic heterocycles. The van der Waals surface area contributed by atoms with Crippen molar-refractivity contribution in [3.63, 3.8) is 0 Å². The Morgan fingerprint density at radius 3 is 2.39 bits per heavy atom. The Bertz CT molecular complexity index is 461. The van der Waals surface area contributed by atoms with Crippen LogP contribution in [0.15, 0.2) is 16.6 Å². The summed E-state index contributed by atoms with van der Waals surface area (Å²) in [5, 5.41) is 8.93. The number of halogens is 1. The molecule has 1 N–H and O–H groups in total. The highest BCUT2D eigenvalue weighted by atomic mass is 79.9. The van der Waals surface area contributed by atoms with Gasteiger partial charge in [-0.2, -0.15) is 0 Å². The molecule has 0 amide bonds. The van der Waals surface area contributed by atoms with Crippen LogP contribution >= 0.6 is 15.9 Å². The van der Waals surface area contributed by atoms with Crippen LogP contribution in [0.2, 0.25) is 0 Å². The zero-order chi connectivity index (χ0) is 14.1. The summed E-state index contributed by atoms with van der Waals surface area (Å²) in [7, 11) is 0. The maximum atomic E-state index is 10.9. The predicted molar refractivity (Wildman–Crippen MR) is 75.3 cm³/mol. The van der Waals surface area contributed by atoms with E-state index in [0.29, 0.717) is 5.75 Å². The van der Waals surface area contributed by atoms with E-state index in [4.69, 9.17) is 9.84 Å². The summed E-state index contributed by atoms with van der Waals surface area (Å²) in [6.07, 6.45) is -0.855. The van der Waals surface area contributed by atoms with Gasteiger partial charge in [0.2, 0.25) is 0 Å². The molecule has 0 heterocycles. The molecule has 0 saturated heterocycles. The lowest BCUT2D eigenvalue weighted by atomic mass is 9.86. The highest BCUT2D eigenvalue weighted by molar-refractivity contribution is 9.10. The number of carboxylic acid groups (broad SMARTS) is 1. The van der Waals surface area contributed by atoms with E-state index in [2.05, 4.69) is 36.7 Å². The Balaban J connectivity index is 3.24. The van der Waals surface area contributed by atoms with Gasteiger partial charge in [-0.25, -0.2) is 4.79 Å². The number of hydrogen-bond acceptors (Lipinski definition) is 2. The highest BCUT2D eigenvalue weighted by Crippen LogP contribution is 2.36. The first-order valence-corrected chi connectivity index (χ1v) is 6.62. The molecule has 1 unspecified atom stereocenters. The summed E-state index contributed by atoms with van der Waals surface area (Å²) >= 11 is 3.50. The monoisotopic (exact) mass is 314 g/mol. The molecule has 0 saturated carbocycles. The van der Waals surface area contributed by atoms with Gasteiger partial charge in [0.25, 0.3) is 0 Å². The second-order valence-electron chi connectivity index (χ2n) is 5.45. The molecule has 4 heteroatoms. The molecule has 100 valence electrons. The highest BCUT2D eigenvalue weighted by Gasteiger charge is 2.23. The van der Waals surface area contributed by atoms with Crippen LogP contribution in [0.1, 0.15) is 38.8 Å². The summed E-state index contributed by atoms with van der Waals surface area (Å²) in [6.45, 7) is 9.70. The first-order valence-electron chi connectivity index (χ1n) is 5.83. The zero-order valence-electron chi connectivity index (χ0n) is 11.4. The van der Waals surface area contributed by atoms with Crippen molar-refractivity contribution >= 4 is 21.9 Å². The van der Waals surface area contributed by atoms with Crippen LogP contribution in [0.3, 0.4) is 0 Å². The first kappa shape index (κ1) is 15.0. The van der Waals surface area contributed by atoms with Crippen LogP contribution in [0.25, 0.3) is 0 Å². The van der Waals surface area contributed by atoms with Crippen molar-refractivity contribution in [1.29, 1.82) is 0 Å². The van der Waals surface area contributed by atoms with Gasteiger partial charge in [0.1, 0.15) is 5.75 Å². The summed E-state index contributed by atoms with van der Waals surface area (Å²) in [6, 6.07) is 3.88. The second kappa shape index (κ2) is 5.31. The van der Waals surface area contributed by atoms with Crippen molar-refractivity contribution in [2.24, 2.45) is 0 Å². The Kier molecular flexibility index (Phi) is 4.43. The fourth-order valence-electron chi connectivity index (χ4n) is 1.58. The third-order valence-corrected chi connectivity index (χ3v) is 3.57. The minimum atomic E-state index is -0.963. The van der Waals surface area contributed by atoms with Gasteiger partial charge in [-0.15, -0.1) is 0 Å². The maximum Gasteiger partial charge on any atom is 0.344 e. The number of aryl methyl sites for hydroxylation is 1. The van der Waals surface area contributed by atoms with Crippen molar-refractivity contribution in [1.82, 2.24) is 0 Å². The number of benzene rings is 1. The van der Waals surface area contributed by atoms with E-state index in [9.17, 15) is 4.79 Å². The lowest BCUT2D eigenvalue weighted by molar-refractivity contribution is -0.144. The van der Waals surface area contributed by atoms with Gasteiger partial charge in [-0.05, 0) is 37.0 Å². The average molecular weight is 315 g/mol. The molecule has 0 fully saturated rings. The molecule has 18 heavy (non-hydrogen) atoms. The van der Waals surface area contributed by atoms with Crippen molar-refractivity contribution in [3.8, 4) is 5.75 Å². The molecule has 1 atom stereocenters. The van der Waals surface area contributed by atoms with E-state index in [1.165, 1.54) is 6.92 Å². The third-order valence-electron chi connectivity index (χ3n) is 2.72. The zero-order valence-corrected chi connectivity index (χ0v) is 13.0. The largest absolute Gasteiger partial charge is 0.479 e. The van der Waals surface area contributed by atoms with E-state index in [0.717, 1.165) is 15.6 Å². The molecule has 0 spiro atoms. The maximum absolute atomic E-state index is 10.9. The number of carboxylic acids is 1. The van der Waals surface area contributed by atoms with Crippen molar-refractivity contribution in [2.75, 3.05) is 0 Å². The molecule has 0 radical (unpaired) electrons. The van der Waals surface area contributed by atoms with Gasteiger partial charge in [-0.3, -0.25) is 0 Å². The van der Waals surface area contributed by atoms with Crippen LogP contribution in [0.5, 0.6) is 5.75 Å². The fraction of sp³-hybridized carbons (Fsp3) is 0.500. The molecule has 0 aliphatic heterocycles. The van der Waals surface area contributed by atoms with Crippen LogP contribution in [-0.4, -0.2) is 17.2 Å². The van der Waals surface area contributed by atoms with Gasteiger partial charge in [0.15, 0.2) is 6.10 Å². The van der Waals surface area contributed by atoms with Crippen molar-refractivity contribution in [2.45, 2.75) is 46.1 Å². The first-order chi connectivity index (χ1) is 8.12. The number of rotatable bonds is 3. The topological polar surface area (TPSA) is 46.5 Å². The molecule has 1 aromatic rings. The third kappa shape index (κ3) is 3.48. The Morgan fingerprint density at radius 2 is 1.94 bits per heavy atom. The van der Waals surface area contributed by atoms with E-state index in [1.54, 1.807) is 0 Å². The molecule has 1 aromatic carbocycles. The summed E-state index contributed by atoms with van der Waals surface area (Å²) in [5.74, 6) is -0.325. The predicted octanol–water partition coefficient (Wildman–Crippen LogP) is 3.91. The van der Waals surface area contributed by atoms with Crippen molar-refractivity contribution in [3.05, 3.63) is 27.7 Å².